The van der Waals surface area contributed by atoms with Gasteiger partial charge in [-0.15, -0.1) is 0 Å². The Balaban J connectivity index is 1.90. The van der Waals surface area contributed by atoms with E-state index < -0.39 is 0 Å². The second-order valence-corrected chi connectivity index (χ2v) is 7.72. The Kier molecular flexibility index (Phi) is 3.29. The molecule has 23 heavy (non-hydrogen) atoms. The minimum Gasteiger partial charge on any atom is -0.425 e. The van der Waals surface area contributed by atoms with E-state index in [1.165, 1.54) is 28.8 Å². The fourth-order valence-corrected chi connectivity index (χ4v) is 4.37. The van der Waals surface area contributed by atoms with E-state index in [0.29, 0.717) is 0 Å². The van der Waals surface area contributed by atoms with Gasteiger partial charge >= 0.3 is 5.97 Å². The maximum atomic E-state index is 12.3. The predicted molar refractivity (Wildman–Crippen MR) is 92.3 cm³/mol. The molecule has 1 aromatic rings. The highest BCUT2D eigenvalue weighted by atomic mass is 16.5. The average Bonchev–Trinajstić information content (AvgIpc) is 2.52. The molecular weight excluding hydrogens is 286 g/mol. The number of carbonyl (C=O) groups excluding carboxylic acids is 1. The molecule has 1 unspecified atom stereocenters. The number of rotatable bonds is 1. The number of hydrogen-bond donors (Lipinski definition) is 0. The number of nitrogens with zero attached hydrogens (tertiary/aromatic N) is 1. The molecule has 0 saturated heterocycles. The highest BCUT2D eigenvalue weighted by molar-refractivity contribution is 5.83. The zero-order chi connectivity index (χ0) is 16.2. The van der Waals surface area contributed by atoms with E-state index in [4.69, 9.17) is 4.74 Å². The van der Waals surface area contributed by atoms with Crippen molar-refractivity contribution >= 4 is 11.7 Å². The lowest BCUT2D eigenvalue weighted by Gasteiger charge is -2.45. The molecule has 0 saturated carbocycles. The third-order valence-corrected chi connectivity index (χ3v) is 5.70. The number of carbonyl (C=O) groups is 1. The van der Waals surface area contributed by atoms with Gasteiger partial charge in [-0.05, 0) is 55.2 Å². The molecule has 3 heteroatoms. The Hall–Kier alpha value is -1.77. The molecule has 0 aromatic heterocycles. The lowest BCUT2D eigenvalue weighted by molar-refractivity contribution is -0.138. The summed E-state index contributed by atoms with van der Waals surface area (Å²) in [6.45, 7) is 8.89. The molecule has 1 atom stereocenters. The molecule has 0 bridgehead atoms. The fourth-order valence-electron chi connectivity index (χ4n) is 4.37. The van der Waals surface area contributed by atoms with Crippen molar-refractivity contribution in [2.24, 2.45) is 5.92 Å². The summed E-state index contributed by atoms with van der Waals surface area (Å²) in [6.07, 6.45) is 8.06. The molecule has 1 aromatic carbocycles. The standard InChI is InChI=1S/C20H25NO2/c1-4-6-13-11-14-12-16-17-15(18(14)23-19(13)22)7-5-9-21(17)10-8-20(16,2)3/h4,6,12-13H,5,7-11H2,1-3H3. The van der Waals surface area contributed by atoms with Gasteiger partial charge in [0.2, 0.25) is 0 Å². The molecule has 4 rings (SSSR count). The highest BCUT2D eigenvalue weighted by Gasteiger charge is 2.39. The van der Waals surface area contributed by atoms with Gasteiger partial charge in [0.1, 0.15) is 5.75 Å². The summed E-state index contributed by atoms with van der Waals surface area (Å²) < 4.78 is 5.82. The van der Waals surface area contributed by atoms with Crippen molar-refractivity contribution in [1.82, 2.24) is 0 Å². The van der Waals surface area contributed by atoms with E-state index in [1.54, 1.807) is 0 Å². The Morgan fingerprint density at radius 1 is 1.35 bits per heavy atom. The van der Waals surface area contributed by atoms with Gasteiger partial charge in [0, 0.05) is 24.3 Å². The molecule has 3 nitrogen and oxygen atoms in total. The largest absolute Gasteiger partial charge is 0.425 e. The molecule has 0 spiro atoms. The van der Waals surface area contributed by atoms with E-state index in [9.17, 15) is 4.79 Å². The molecule has 0 fully saturated rings. The van der Waals surface area contributed by atoms with Crippen molar-refractivity contribution in [3.8, 4) is 5.75 Å². The minimum absolute atomic E-state index is 0.0982. The quantitative estimate of drug-likeness (QED) is 0.449. The first-order chi connectivity index (χ1) is 11.0. The third kappa shape index (κ3) is 2.20. The van der Waals surface area contributed by atoms with Crippen LogP contribution in [0.2, 0.25) is 0 Å². The van der Waals surface area contributed by atoms with E-state index in [0.717, 1.165) is 38.1 Å². The van der Waals surface area contributed by atoms with Crippen LogP contribution in [0.5, 0.6) is 5.75 Å². The number of ether oxygens (including phenoxy) is 1. The number of fused-ring (bicyclic) bond motifs is 2. The lowest BCUT2D eigenvalue weighted by atomic mass is 9.73. The number of allylic oxidation sites excluding steroid dienone is 1. The molecule has 3 aliphatic rings. The summed E-state index contributed by atoms with van der Waals surface area (Å²) in [5, 5.41) is 0. The Morgan fingerprint density at radius 3 is 2.96 bits per heavy atom. The van der Waals surface area contributed by atoms with Crippen molar-refractivity contribution in [3.05, 3.63) is 34.9 Å². The molecule has 3 aliphatic heterocycles. The number of benzene rings is 1. The number of hydrogen-bond acceptors (Lipinski definition) is 3. The molecule has 122 valence electrons. The van der Waals surface area contributed by atoms with Crippen LogP contribution in [0.4, 0.5) is 5.69 Å². The van der Waals surface area contributed by atoms with Gasteiger partial charge in [0.05, 0.1) is 5.92 Å². The van der Waals surface area contributed by atoms with Crippen LogP contribution in [0.1, 0.15) is 50.3 Å². The highest BCUT2D eigenvalue weighted by Crippen LogP contribution is 2.49. The van der Waals surface area contributed by atoms with Crippen molar-refractivity contribution in [2.45, 2.75) is 51.9 Å². The van der Waals surface area contributed by atoms with Gasteiger partial charge in [-0.1, -0.05) is 26.0 Å². The van der Waals surface area contributed by atoms with Gasteiger partial charge < -0.3 is 9.64 Å². The summed E-state index contributed by atoms with van der Waals surface area (Å²) in [7, 11) is 0. The first-order valence-electron chi connectivity index (χ1n) is 8.80. The average molecular weight is 311 g/mol. The van der Waals surface area contributed by atoms with Crippen molar-refractivity contribution in [3.63, 3.8) is 0 Å². The maximum Gasteiger partial charge on any atom is 0.318 e. The molecule has 0 aliphatic carbocycles. The summed E-state index contributed by atoms with van der Waals surface area (Å²) >= 11 is 0. The smallest absolute Gasteiger partial charge is 0.318 e. The summed E-state index contributed by atoms with van der Waals surface area (Å²) in [6, 6.07) is 2.33. The second-order valence-electron chi connectivity index (χ2n) is 7.72. The third-order valence-electron chi connectivity index (χ3n) is 5.70. The second kappa shape index (κ2) is 5.12. The van der Waals surface area contributed by atoms with E-state index in [2.05, 4.69) is 24.8 Å². The summed E-state index contributed by atoms with van der Waals surface area (Å²) in [5.41, 5.74) is 5.52. The van der Waals surface area contributed by atoms with Crippen LogP contribution >= 0.6 is 0 Å². The summed E-state index contributed by atoms with van der Waals surface area (Å²) in [5.74, 6) is 0.639. The monoisotopic (exact) mass is 311 g/mol. The first-order valence-corrected chi connectivity index (χ1v) is 8.80. The molecule has 0 radical (unpaired) electrons. The van der Waals surface area contributed by atoms with Crippen LogP contribution in [0, 0.1) is 5.92 Å². The van der Waals surface area contributed by atoms with Crippen molar-refractivity contribution in [1.29, 1.82) is 0 Å². The van der Waals surface area contributed by atoms with Crippen molar-refractivity contribution < 1.29 is 9.53 Å². The van der Waals surface area contributed by atoms with E-state index in [1.807, 2.05) is 19.1 Å². The van der Waals surface area contributed by atoms with Crippen molar-refractivity contribution in [2.75, 3.05) is 18.0 Å². The van der Waals surface area contributed by atoms with Gasteiger partial charge in [-0.3, -0.25) is 4.79 Å². The number of esters is 1. The van der Waals surface area contributed by atoms with Gasteiger partial charge in [-0.2, -0.15) is 0 Å². The molecule has 3 heterocycles. The Morgan fingerprint density at radius 2 is 2.17 bits per heavy atom. The van der Waals surface area contributed by atoms with Gasteiger partial charge in [0.15, 0.2) is 0 Å². The SMILES string of the molecule is CC=CC1Cc2cc3c4c(c2OC1=O)CCCN4CCC3(C)C. The zero-order valence-corrected chi connectivity index (χ0v) is 14.3. The van der Waals surface area contributed by atoms with Crippen LogP contribution in [-0.2, 0) is 23.1 Å². The van der Waals surface area contributed by atoms with Gasteiger partial charge in [-0.25, -0.2) is 0 Å². The normalized spacial score (nSPS) is 25.1. The fraction of sp³-hybridized carbons (Fsp3) is 0.550. The van der Waals surface area contributed by atoms with Crippen LogP contribution in [0.15, 0.2) is 18.2 Å². The summed E-state index contributed by atoms with van der Waals surface area (Å²) in [4.78, 5) is 14.8. The van der Waals surface area contributed by atoms with Crippen LogP contribution in [0.25, 0.3) is 0 Å². The van der Waals surface area contributed by atoms with Gasteiger partial charge in [0.25, 0.3) is 0 Å². The zero-order valence-electron chi connectivity index (χ0n) is 14.3. The Bertz CT molecular complexity index is 702. The topological polar surface area (TPSA) is 29.5 Å². The van der Waals surface area contributed by atoms with Crippen LogP contribution in [-0.4, -0.2) is 19.1 Å². The van der Waals surface area contributed by atoms with Crippen LogP contribution < -0.4 is 9.64 Å². The van der Waals surface area contributed by atoms with E-state index in [-0.39, 0.29) is 17.3 Å². The molecular formula is C20H25NO2. The predicted octanol–water partition coefficient (Wildman–Crippen LogP) is 3.77. The lowest BCUT2D eigenvalue weighted by Crippen LogP contribution is -2.41. The van der Waals surface area contributed by atoms with Crippen LogP contribution in [0.3, 0.4) is 0 Å². The first kappa shape index (κ1) is 14.8. The maximum absolute atomic E-state index is 12.3. The Labute approximate surface area is 138 Å². The molecule has 0 N–H and O–H groups in total. The number of anilines is 1. The van der Waals surface area contributed by atoms with E-state index >= 15 is 0 Å². The molecule has 0 amide bonds. The minimum atomic E-state index is -0.135.